The molecule has 1 aromatic carbocycles. The predicted molar refractivity (Wildman–Crippen MR) is 84.0 cm³/mol. The van der Waals surface area contributed by atoms with Crippen molar-refractivity contribution in [3.8, 4) is 0 Å². The van der Waals surface area contributed by atoms with Crippen LogP contribution in [0.3, 0.4) is 0 Å². The van der Waals surface area contributed by atoms with E-state index in [9.17, 15) is 19.1 Å². The predicted octanol–water partition coefficient (Wildman–Crippen LogP) is 2.47. The smallest absolute Gasteiger partial charge is 0.331 e. The van der Waals surface area contributed by atoms with E-state index >= 15 is 0 Å². The largest absolute Gasteiger partial charge is 0.478 e. The van der Waals surface area contributed by atoms with E-state index in [1.807, 2.05) is 0 Å². The molecular formula is C17H17FN2O3. The first-order valence-electron chi connectivity index (χ1n) is 7.41. The summed E-state index contributed by atoms with van der Waals surface area (Å²) >= 11 is 0. The molecule has 1 unspecified atom stereocenters. The summed E-state index contributed by atoms with van der Waals surface area (Å²) in [6, 6.07) is 7.00. The molecule has 1 aliphatic rings. The minimum absolute atomic E-state index is 0.203. The van der Waals surface area contributed by atoms with Crippen LogP contribution in [0.15, 0.2) is 40.7 Å². The van der Waals surface area contributed by atoms with E-state index in [1.165, 1.54) is 13.0 Å². The van der Waals surface area contributed by atoms with Gasteiger partial charge in [-0.1, -0.05) is 31.2 Å². The van der Waals surface area contributed by atoms with Crippen molar-refractivity contribution >= 4 is 16.7 Å². The Labute approximate surface area is 131 Å². The molecule has 0 radical (unpaired) electrons. The summed E-state index contributed by atoms with van der Waals surface area (Å²) in [5.41, 5.74) is -0.362. The fraction of sp³-hybridized carbons (Fsp3) is 0.353. The van der Waals surface area contributed by atoms with Gasteiger partial charge >= 0.3 is 5.97 Å². The Kier molecular flexibility index (Phi) is 3.55. The van der Waals surface area contributed by atoms with Gasteiger partial charge in [0.05, 0.1) is 11.1 Å². The number of carboxylic acid groups (broad SMARTS) is 1. The molecule has 1 heterocycles. The third-order valence-corrected chi connectivity index (χ3v) is 4.87. The van der Waals surface area contributed by atoms with Crippen molar-refractivity contribution < 1.29 is 14.3 Å². The van der Waals surface area contributed by atoms with Gasteiger partial charge in [-0.3, -0.25) is 4.79 Å². The number of aliphatic carboxylic acids is 1. The van der Waals surface area contributed by atoms with Crippen molar-refractivity contribution in [1.29, 1.82) is 0 Å². The van der Waals surface area contributed by atoms with Gasteiger partial charge in [-0.25, -0.2) is 14.3 Å². The molecule has 0 saturated heterocycles. The first-order chi connectivity index (χ1) is 10.8. The molecule has 0 spiro atoms. The van der Waals surface area contributed by atoms with E-state index in [-0.39, 0.29) is 17.6 Å². The molecule has 2 aromatic rings. The lowest BCUT2D eigenvalue weighted by Crippen LogP contribution is -2.45. The monoisotopic (exact) mass is 316 g/mol. The number of fused-ring (bicyclic) bond motifs is 1. The van der Waals surface area contributed by atoms with E-state index < -0.39 is 23.5 Å². The summed E-state index contributed by atoms with van der Waals surface area (Å²) in [5.74, 6) is -1.52. The zero-order chi connectivity index (χ0) is 16.8. The normalized spacial score (nSPS) is 24.8. The quantitative estimate of drug-likeness (QED) is 0.907. The van der Waals surface area contributed by atoms with Crippen LogP contribution in [0.1, 0.15) is 19.5 Å². The second-order valence-electron chi connectivity index (χ2n) is 6.19. The lowest BCUT2D eigenvalue weighted by Gasteiger charge is -2.45. The van der Waals surface area contributed by atoms with E-state index in [4.69, 9.17) is 0 Å². The van der Waals surface area contributed by atoms with E-state index in [2.05, 4.69) is 10.2 Å². The summed E-state index contributed by atoms with van der Waals surface area (Å²) in [6.45, 7) is 3.14. The Morgan fingerprint density at radius 1 is 1.43 bits per heavy atom. The van der Waals surface area contributed by atoms with Crippen LogP contribution in [-0.4, -0.2) is 27.4 Å². The van der Waals surface area contributed by atoms with Gasteiger partial charge in [0.1, 0.15) is 6.17 Å². The Bertz CT molecular complexity index is 872. The molecule has 0 amide bonds. The van der Waals surface area contributed by atoms with Crippen molar-refractivity contribution in [2.75, 3.05) is 0 Å². The summed E-state index contributed by atoms with van der Waals surface area (Å²) in [7, 11) is 0. The van der Waals surface area contributed by atoms with Crippen LogP contribution < -0.4 is 5.56 Å². The van der Waals surface area contributed by atoms with Crippen LogP contribution in [0.2, 0.25) is 0 Å². The van der Waals surface area contributed by atoms with Gasteiger partial charge in [0.2, 0.25) is 0 Å². The number of nitrogens with one attached hydrogen (secondary N) is 1. The van der Waals surface area contributed by atoms with Gasteiger partial charge < -0.3 is 5.11 Å². The van der Waals surface area contributed by atoms with Gasteiger partial charge in [0, 0.05) is 28.7 Å². The molecule has 6 heteroatoms. The number of aromatic amines is 1. The molecule has 3 atom stereocenters. The van der Waals surface area contributed by atoms with Crippen molar-refractivity contribution in [2.45, 2.75) is 26.4 Å². The lowest BCUT2D eigenvalue weighted by molar-refractivity contribution is -0.135. The SMILES string of the molecule is C[C@@H](F)[C@]1(C)C=C(C(=O)O)C1Cc1n[nH]c(=O)c2ccccc12. The van der Waals surface area contributed by atoms with Crippen LogP contribution in [0, 0.1) is 11.3 Å². The van der Waals surface area contributed by atoms with Gasteiger partial charge in [0.15, 0.2) is 0 Å². The molecule has 0 saturated carbocycles. The number of halogens is 1. The first kappa shape index (κ1) is 15.4. The van der Waals surface area contributed by atoms with Crippen LogP contribution in [-0.2, 0) is 11.2 Å². The fourth-order valence-corrected chi connectivity index (χ4v) is 3.23. The maximum absolute atomic E-state index is 14.0. The minimum Gasteiger partial charge on any atom is -0.478 e. The number of aromatic nitrogens is 2. The average Bonchev–Trinajstić information content (AvgIpc) is 2.51. The highest BCUT2D eigenvalue weighted by atomic mass is 19.1. The number of nitrogens with zero attached hydrogens (tertiary/aromatic N) is 1. The van der Waals surface area contributed by atoms with Crippen molar-refractivity contribution in [2.24, 2.45) is 11.3 Å². The highest BCUT2D eigenvalue weighted by Gasteiger charge is 2.50. The molecule has 5 nitrogen and oxygen atoms in total. The summed E-state index contributed by atoms with van der Waals surface area (Å²) < 4.78 is 14.0. The number of hydrogen-bond acceptors (Lipinski definition) is 3. The Balaban J connectivity index is 2.05. The Morgan fingerprint density at radius 2 is 2.09 bits per heavy atom. The highest BCUT2D eigenvalue weighted by Crippen LogP contribution is 2.50. The number of carboxylic acids is 1. The molecule has 23 heavy (non-hydrogen) atoms. The molecule has 3 rings (SSSR count). The van der Waals surface area contributed by atoms with E-state index in [0.29, 0.717) is 16.5 Å². The third kappa shape index (κ3) is 2.34. The molecule has 0 fully saturated rings. The maximum Gasteiger partial charge on any atom is 0.331 e. The molecule has 1 aliphatic carbocycles. The molecule has 120 valence electrons. The average molecular weight is 316 g/mol. The Morgan fingerprint density at radius 3 is 2.70 bits per heavy atom. The van der Waals surface area contributed by atoms with Crippen molar-refractivity contribution in [3.63, 3.8) is 0 Å². The van der Waals surface area contributed by atoms with Crippen LogP contribution in [0.5, 0.6) is 0 Å². The summed E-state index contributed by atoms with van der Waals surface area (Å²) in [5, 5.41) is 16.9. The zero-order valence-electron chi connectivity index (χ0n) is 12.8. The molecule has 0 bridgehead atoms. The minimum atomic E-state index is -1.18. The van der Waals surface area contributed by atoms with Crippen LogP contribution in [0.4, 0.5) is 4.39 Å². The summed E-state index contributed by atoms with van der Waals surface area (Å²) in [4.78, 5) is 23.2. The topological polar surface area (TPSA) is 83.0 Å². The maximum atomic E-state index is 14.0. The van der Waals surface area contributed by atoms with Gasteiger partial charge in [-0.05, 0) is 13.0 Å². The number of benzene rings is 1. The Hall–Kier alpha value is -2.50. The van der Waals surface area contributed by atoms with Crippen LogP contribution >= 0.6 is 0 Å². The standard InChI is InChI=1S/C17H17FN2O3/c1-9(18)17(2)8-12(16(22)23)13(17)7-14-10-5-3-4-6-11(10)15(21)20-19-14/h3-6,8-9,13H,7H2,1-2H3,(H,20,21)(H,22,23)/t9-,13?,17+/m1/s1. The van der Waals surface area contributed by atoms with Crippen molar-refractivity contribution in [1.82, 2.24) is 10.2 Å². The number of H-pyrrole nitrogens is 1. The number of hydrogen-bond donors (Lipinski definition) is 2. The number of rotatable bonds is 4. The highest BCUT2D eigenvalue weighted by molar-refractivity contribution is 5.90. The second-order valence-corrected chi connectivity index (χ2v) is 6.19. The number of allylic oxidation sites excluding steroid dienone is 1. The molecule has 1 aromatic heterocycles. The second kappa shape index (κ2) is 5.30. The van der Waals surface area contributed by atoms with E-state index in [0.717, 1.165) is 0 Å². The van der Waals surface area contributed by atoms with E-state index in [1.54, 1.807) is 31.2 Å². The van der Waals surface area contributed by atoms with Gasteiger partial charge in [0.25, 0.3) is 5.56 Å². The third-order valence-electron chi connectivity index (χ3n) is 4.87. The number of carbonyl (C=O) groups is 1. The fourth-order valence-electron chi connectivity index (χ4n) is 3.23. The zero-order valence-corrected chi connectivity index (χ0v) is 12.8. The summed E-state index contributed by atoms with van der Waals surface area (Å²) in [6.07, 6.45) is 0.572. The molecular weight excluding hydrogens is 299 g/mol. The molecule has 0 aliphatic heterocycles. The first-order valence-corrected chi connectivity index (χ1v) is 7.41. The van der Waals surface area contributed by atoms with Crippen molar-refractivity contribution in [3.05, 3.63) is 52.0 Å². The van der Waals surface area contributed by atoms with Gasteiger partial charge in [-0.15, -0.1) is 0 Å². The van der Waals surface area contributed by atoms with Crippen LogP contribution in [0.25, 0.3) is 10.8 Å². The number of alkyl halides is 1. The molecule has 2 N–H and O–H groups in total. The lowest BCUT2D eigenvalue weighted by atomic mass is 9.59. The van der Waals surface area contributed by atoms with Gasteiger partial charge in [-0.2, -0.15) is 5.10 Å².